The third-order valence-corrected chi connectivity index (χ3v) is 3.93. The van der Waals surface area contributed by atoms with Crippen molar-refractivity contribution in [1.29, 1.82) is 0 Å². The molecule has 2 aromatic carbocycles. The zero-order valence-electron chi connectivity index (χ0n) is 14.3. The van der Waals surface area contributed by atoms with E-state index < -0.39 is 0 Å². The normalized spacial score (nSPS) is 10.6. The molecule has 0 aliphatic carbocycles. The van der Waals surface area contributed by atoms with Gasteiger partial charge in [0.1, 0.15) is 12.3 Å². The summed E-state index contributed by atoms with van der Waals surface area (Å²) in [5.74, 6) is 0.602. The van der Waals surface area contributed by atoms with Crippen molar-refractivity contribution < 1.29 is 14.3 Å². The Morgan fingerprint density at radius 2 is 1.80 bits per heavy atom. The van der Waals surface area contributed by atoms with E-state index in [2.05, 4.69) is 5.32 Å². The van der Waals surface area contributed by atoms with Crippen LogP contribution < -0.4 is 10.1 Å². The van der Waals surface area contributed by atoms with Gasteiger partial charge in [-0.05, 0) is 44.2 Å². The number of amides is 1. The smallest absolute Gasteiger partial charge is 0.244 e. The van der Waals surface area contributed by atoms with Gasteiger partial charge in [0.15, 0.2) is 5.78 Å². The van der Waals surface area contributed by atoms with Crippen molar-refractivity contribution in [1.82, 2.24) is 4.57 Å². The minimum atomic E-state index is -0.153. The maximum absolute atomic E-state index is 12.4. The molecule has 0 unspecified atom stereocenters. The lowest BCUT2D eigenvalue weighted by Crippen LogP contribution is -2.18. The largest absolute Gasteiger partial charge is 0.494 e. The lowest BCUT2D eigenvalue weighted by atomic mass is 10.1. The number of carbonyl (C=O) groups excluding carboxylic acids is 2. The summed E-state index contributed by atoms with van der Waals surface area (Å²) in [6.07, 6.45) is 1.74. The van der Waals surface area contributed by atoms with Crippen molar-refractivity contribution in [2.45, 2.75) is 20.4 Å². The number of ketones is 1. The number of nitrogens with one attached hydrogen (secondary N) is 1. The van der Waals surface area contributed by atoms with Crippen LogP contribution in [0.1, 0.15) is 24.2 Å². The highest BCUT2D eigenvalue weighted by Crippen LogP contribution is 2.22. The molecule has 3 rings (SSSR count). The molecule has 0 radical (unpaired) electrons. The highest BCUT2D eigenvalue weighted by atomic mass is 16.5. The number of hydrogen-bond donors (Lipinski definition) is 1. The first-order valence-corrected chi connectivity index (χ1v) is 8.20. The second-order valence-electron chi connectivity index (χ2n) is 5.75. The van der Waals surface area contributed by atoms with Crippen LogP contribution in [0.3, 0.4) is 0 Å². The summed E-state index contributed by atoms with van der Waals surface area (Å²) in [7, 11) is 0. The second-order valence-corrected chi connectivity index (χ2v) is 5.75. The van der Waals surface area contributed by atoms with E-state index in [0.29, 0.717) is 17.9 Å². The van der Waals surface area contributed by atoms with Crippen LogP contribution in [-0.2, 0) is 11.3 Å². The summed E-state index contributed by atoms with van der Waals surface area (Å²) in [5.41, 5.74) is 2.20. The number of Topliss-reactive ketones (excluding diaryl/α,β-unsaturated/α-hetero) is 1. The molecule has 0 spiro atoms. The van der Waals surface area contributed by atoms with Gasteiger partial charge in [-0.2, -0.15) is 0 Å². The summed E-state index contributed by atoms with van der Waals surface area (Å²) < 4.78 is 7.19. The molecular formula is C20H20N2O3. The van der Waals surface area contributed by atoms with Crippen LogP contribution in [0.5, 0.6) is 5.75 Å². The van der Waals surface area contributed by atoms with Crippen molar-refractivity contribution in [3.63, 3.8) is 0 Å². The maximum Gasteiger partial charge on any atom is 0.244 e. The molecule has 1 N–H and O–H groups in total. The average Bonchev–Trinajstić information content (AvgIpc) is 2.96. The molecule has 128 valence electrons. The predicted molar refractivity (Wildman–Crippen MR) is 98.2 cm³/mol. The molecule has 1 aromatic heterocycles. The van der Waals surface area contributed by atoms with E-state index in [0.717, 1.165) is 16.7 Å². The molecule has 3 aromatic rings. The van der Waals surface area contributed by atoms with Gasteiger partial charge in [0.25, 0.3) is 0 Å². The molecule has 0 bridgehead atoms. The van der Waals surface area contributed by atoms with Crippen LogP contribution in [0, 0.1) is 0 Å². The molecule has 5 nitrogen and oxygen atoms in total. The van der Waals surface area contributed by atoms with E-state index in [-0.39, 0.29) is 18.2 Å². The fraction of sp³-hybridized carbons (Fsp3) is 0.200. The molecule has 25 heavy (non-hydrogen) atoms. The van der Waals surface area contributed by atoms with E-state index in [1.54, 1.807) is 22.9 Å². The van der Waals surface area contributed by atoms with E-state index in [4.69, 9.17) is 4.74 Å². The molecule has 0 atom stereocenters. The van der Waals surface area contributed by atoms with Crippen molar-refractivity contribution in [3.05, 3.63) is 60.3 Å². The number of nitrogens with zero attached hydrogens (tertiary/aromatic N) is 1. The number of rotatable bonds is 6. The van der Waals surface area contributed by atoms with E-state index in [1.165, 1.54) is 6.92 Å². The van der Waals surface area contributed by atoms with E-state index in [9.17, 15) is 9.59 Å². The lowest BCUT2D eigenvalue weighted by molar-refractivity contribution is -0.116. The molecule has 5 heteroatoms. The molecule has 0 aliphatic heterocycles. The topological polar surface area (TPSA) is 60.3 Å². The van der Waals surface area contributed by atoms with Gasteiger partial charge in [0, 0.05) is 28.4 Å². The van der Waals surface area contributed by atoms with Gasteiger partial charge in [-0.3, -0.25) is 9.59 Å². The Morgan fingerprint density at radius 3 is 2.48 bits per heavy atom. The Labute approximate surface area is 146 Å². The monoisotopic (exact) mass is 336 g/mol. The number of fused-ring (bicyclic) bond motifs is 1. The van der Waals surface area contributed by atoms with Crippen molar-refractivity contribution in [3.8, 4) is 5.75 Å². The quantitative estimate of drug-likeness (QED) is 0.695. The number of ether oxygens (including phenoxy) is 1. The summed E-state index contributed by atoms with van der Waals surface area (Å²) in [5, 5.41) is 3.73. The molecule has 1 heterocycles. The van der Waals surface area contributed by atoms with Crippen LogP contribution in [0.15, 0.2) is 54.7 Å². The zero-order valence-corrected chi connectivity index (χ0v) is 14.3. The molecule has 1 amide bonds. The highest BCUT2D eigenvalue weighted by Gasteiger charge is 2.13. The second kappa shape index (κ2) is 7.21. The molecule has 0 saturated heterocycles. The minimum absolute atomic E-state index is 0.0122. The Kier molecular flexibility index (Phi) is 4.84. The lowest BCUT2D eigenvalue weighted by Gasteiger charge is -2.08. The number of hydrogen-bond acceptors (Lipinski definition) is 3. The number of benzene rings is 2. The third-order valence-electron chi connectivity index (χ3n) is 3.93. The Morgan fingerprint density at radius 1 is 1.08 bits per heavy atom. The van der Waals surface area contributed by atoms with E-state index in [1.807, 2.05) is 43.3 Å². The summed E-state index contributed by atoms with van der Waals surface area (Å²) >= 11 is 0. The van der Waals surface area contributed by atoms with Gasteiger partial charge in [0.05, 0.1) is 6.61 Å². The van der Waals surface area contributed by atoms with Crippen LogP contribution >= 0.6 is 0 Å². The maximum atomic E-state index is 12.4. The minimum Gasteiger partial charge on any atom is -0.494 e. The van der Waals surface area contributed by atoms with Crippen molar-refractivity contribution in [2.75, 3.05) is 11.9 Å². The molecule has 0 fully saturated rings. The Bertz CT molecular complexity index is 910. The predicted octanol–water partition coefficient (Wildman–Crippen LogP) is 3.88. The van der Waals surface area contributed by atoms with Crippen LogP contribution in [0.4, 0.5) is 5.69 Å². The van der Waals surface area contributed by atoms with Gasteiger partial charge in [0.2, 0.25) is 5.91 Å². The fourth-order valence-electron chi connectivity index (χ4n) is 2.81. The fourth-order valence-corrected chi connectivity index (χ4v) is 2.81. The average molecular weight is 336 g/mol. The summed E-state index contributed by atoms with van der Waals surface area (Å²) in [4.78, 5) is 24.2. The number of anilines is 1. The van der Waals surface area contributed by atoms with Crippen molar-refractivity contribution in [2.24, 2.45) is 0 Å². The molecular weight excluding hydrogens is 316 g/mol. The van der Waals surface area contributed by atoms with Crippen LogP contribution in [-0.4, -0.2) is 22.9 Å². The first kappa shape index (κ1) is 16.8. The number of para-hydroxylation sites is 1. The van der Waals surface area contributed by atoms with Gasteiger partial charge in [-0.15, -0.1) is 0 Å². The Balaban J connectivity index is 1.77. The highest BCUT2D eigenvalue weighted by molar-refractivity contribution is 6.07. The number of carbonyl (C=O) groups is 2. The van der Waals surface area contributed by atoms with Crippen LogP contribution in [0.25, 0.3) is 10.9 Å². The van der Waals surface area contributed by atoms with Gasteiger partial charge >= 0.3 is 0 Å². The van der Waals surface area contributed by atoms with Gasteiger partial charge in [-0.25, -0.2) is 0 Å². The molecule has 0 saturated carbocycles. The van der Waals surface area contributed by atoms with Crippen LogP contribution in [0.2, 0.25) is 0 Å². The van der Waals surface area contributed by atoms with Crippen molar-refractivity contribution >= 4 is 28.3 Å². The van der Waals surface area contributed by atoms with Gasteiger partial charge < -0.3 is 14.6 Å². The SMILES string of the molecule is CCOc1ccc(NC(=O)Cn2cc(C(C)=O)c3ccccc32)cc1. The van der Waals surface area contributed by atoms with E-state index >= 15 is 0 Å². The standard InChI is InChI=1S/C20H20N2O3/c1-3-25-16-10-8-15(9-11-16)21-20(24)13-22-12-18(14(2)23)17-6-4-5-7-19(17)22/h4-12H,3,13H2,1-2H3,(H,21,24). The molecule has 0 aliphatic rings. The Hall–Kier alpha value is -3.08. The van der Waals surface area contributed by atoms with Gasteiger partial charge in [-0.1, -0.05) is 18.2 Å². The summed E-state index contributed by atoms with van der Waals surface area (Å²) in [6, 6.07) is 14.8. The first-order chi connectivity index (χ1) is 12.1. The first-order valence-electron chi connectivity index (χ1n) is 8.20. The summed E-state index contributed by atoms with van der Waals surface area (Å²) in [6.45, 7) is 4.20. The zero-order chi connectivity index (χ0) is 17.8. The third kappa shape index (κ3) is 3.71. The number of aromatic nitrogens is 1.